The predicted molar refractivity (Wildman–Crippen MR) is 104 cm³/mol. The van der Waals surface area contributed by atoms with Gasteiger partial charge in [-0.25, -0.2) is 14.6 Å². The lowest BCUT2D eigenvalue weighted by atomic mass is 10.1. The molecule has 2 aromatic heterocycles. The Balaban J connectivity index is 0.00000341. The van der Waals surface area contributed by atoms with Crippen molar-refractivity contribution in [2.24, 2.45) is 0 Å². The standard InChI is InChI=1S/C14H21N6O9P.H3N/c1-5(13(24)27-2)19-30(25,26)28-3-6-8(21)9(22)12(29-6)20-4-16-7-10(20)17-14(15)18-11(7)23;/h4-6,8-9,12,21-22H,3H2,1-2H3,(H2,19,25,26)(H3,15,17,18,23);1H3/t5-,6+,8+,9+,12+;/m0./s1. The highest BCUT2D eigenvalue weighted by molar-refractivity contribution is 7.50. The summed E-state index contributed by atoms with van der Waals surface area (Å²) in [6.45, 7) is 0.690. The van der Waals surface area contributed by atoms with Crippen LogP contribution in [-0.2, 0) is 23.4 Å². The maximum Gasteiger partial charge on any atom is 0.403 e. The quantitative estimate of drug-likeness (QED) is 0.168. The summed E-state index contributed by atoms with van der Waals surface area (Å²) in [5.74, 6) is -0.969. The van der Waals surface area contributed by atoms with Crippen molar-refractivity contribution in [1.29, 1.82) is 0 Å². The average molecular weight is 465 g/mol. The van der Waals surface area contributed by atoms with Crippen LogP contribution in [0.1, 0.15) is 13.2 Å². The van der Waals surface area contributed by atoms with E-state index >= 15 is 0 Å². The first-order valence-electron chi connectivity index (χ1n) is 8.61. The fourth-order valence-electron chi connectivity index (χ4n) is 2.91. The molecule has 6 atom stereocenters. The van der Waals surface area contributed by atoms with E-state index in [9.17, 15) is 29.3 Å². The van der Waals surface area contributed by atoms with E-state index < -0.39 is 56.5 Å². The molecular formula is C14H24N7O9P. The number of nitrogens with one attached hydrogen (secondary N) is 2. The van der Waals surface area contributed by atoms with Crippen LogP contribution in [0.4, 0.5) is 5.95 Å². The second-order valence-electron chi connectivity index (χ2n) is 6.51. The fraction of sp³-hybridized carbons (Fsp3) is 0.571. The zero-order valence-corrected chi connectivity index (χ0v) is 17.4. The van der Waals surface area contributed by atoms with E-state index in [2.05, 4.69) is 24.8 Å². The van der Waals surface area contributed by atoms with Gasteiger partial charge in [0, 0.05) is 0 Å². The number of H-pyrrole nitrogens is 1. The average Bonchev–Trinajstić information content (AvgIpc) is 3.21. The number of anilines is 1. The van der Waals surface area contributed by atoms with E-state index in [4.69, 9.17) is 15.0 Å². The van der Waals surface area contributed by atoms with Crippen molar-refractivity contribution in [3.05, 3.63) is 16.7 Å². The van der Waals surface area contributed by atoms with E-state index in [1.807, 2.05) is 0 Å². The number of ether oxygens (including phenoxy) is 2. The number of imidazole rings is 1. The smallest absolute Gasteiger partial charge is 0.403 e. The maximum absolute atomic E-state index is 12.1. The number of rotatable bonds is 7. The molecule has 10 N–H and O–H groups in total. The fourth-order valence-corrected chi connectivity index (χ4v) is 3.93. The van der Waals surface area contributed by atoms with Gasteiger partial charge in [-0.1, -0.05) is 0 Å². The van der Waals surface area contributed by atoms with Crippen LogP contribution in [0.5, 0.6) is 0 Å². The number of aromatic nitrogens is 4. The minimum atomic E-state index is -4.46. The van der Waals surface area contributed by atoms with Gasteiger partial charge in [0.2, 0.25) is 5.95 Å². The molecule has 1 fully saturated rings. The SMILES string of the molecule is COC(=O)[C@H](C)NP(=O)(O)OC[C@H]1O[C@@H](n2cnc3c(=O)[nH]c(N)nc32)[C@H](O)[C@@H]1O.N. The van der Waals surface area contributed by atoms with Crippen molar-refractivity contribution in [2.45, 2.75) is 37.5 Å². The largest absolute Gasteiger partial charge is 0.468 e. The monoisotopic (exact) mass is 465 g/mol. The Bertz CT molecular complexity index is 1040. The van der Waals surface area contributed by atoms with Gasteiger partial charge in [0.25, 0.3) is 5.56 Å². The number of aliphatic hydroxyl groups excluding tert-OH is 2. The molecule has 174 valence electrons. The van der Waals surface area contributed by atoms with Crippen LogP contribution in [0.2, 0.25) is 0 Å². The Labute approximate surface area is 174 Å². The van der Waals surface area contributed by atoms with Gasteiger partial charge in [-0.2, -0.15) is 4.98 Å². The first-order chi connectivity index (χ1) is 14.0. The Hall–Kier alpha value is -2.43. The Morgan fingerprint density at radius 2 is 2.16 bits per heavy atom. The highest BCUT2D eigenvalue weighted by Gasteiger charge is 2.45. The van der Waals surface area contributed by atoms with Crippen LogP contribution >= 0.6 is 7.75 Å². The zero-order chi connectivity index (χ0) is 22.2. The van der Waals surface area contributed by atoms with Crippen molar-refractivity contribution in [3.8, 4) is 0 Å². The number of aliphatic hydroxyl groups is 2. The lowest BCUT2D eigenvalue weighted by Crippen LogP contribution is -2.36. The van der Waals surface area contributed by atoms with Crippen molar-refractivity contribution in [2.75, 3.05) is 19.5 Å². The van der Waals surface area contributed by atoms with Crippen LogP contribution < -0.4 is 22.5 Å². The summed E-state index contributed by atoms with van der Waals surface area (Å²) >= 11 is 0. The number of nitrogens with two attached hydrogens (primary N) is 1. The maximum atomic E-state index is 12.1. The van der Waals surface area contributed by atoms with Crippen LogP contribution in [0.15, 0.2) is 11.1 Å². The Kier molecular flexibility index (Phi) is 7.51. The second kappa shape index (κ2) is 9.37. The van der Waals surface area contributed by atoms with Gasteiger partial charge in [0.05, 0.1) is 20.0 Å². The molecule has 0 bridgehead atoms. The van der Waals surface area contributed by atoms with Crippen LogP contribution in [0, 0.1) is 0 Å². The number of nitrogen functional groups attached to an aromatic ring is 1. The molecule has 0 radical (unpaired) electrons. The molecule has 0 aliphatic carbocycles. The minimum Gasteiger partial charge on any atom is -0.468 e. The van der Waals surface area contributed by atoms with E-state index in [0.29, 0.717) is 0 Å². The molecule has 1 aliphatic rings. The number of carbonyl (C=O) groups is 1. The topological polar surface area (TPSA) is 259 Å². The second-order valence-corrected chi connectivity index (χ2v) is 8.07. The molecule has 17 heteroatoms. The minimum absolute atomic E-state index is 0. The first-order valence-corrected chi connectivity index (χ1v) is 10.2. The number of esters is 1. The molecule has 1 saturated heterocycles. The predicted octanol–water partition coefficient (Wildman–Crippen LogP) is -2.25. The summed E-state index contributed by atoms with van der Waals surface area (Å²) in [5, 5.41) is 22.7. The van der Waals surface area contributed by atoms with Gasteiger partial charge in [-0.15, -0.1) is 0 Å². The van der Waals surface area contributed by atoms with Crippen LogP contribution in [0.25, 0.3) is 11.2 Å². The molecule has 31 heavy (non-hydrogen) atoms. The van der Waals surface area contributed by atoms with E-state index in [1.165, 1.54) is 17.8 Å². The van der Waals surface area contributed by atoms with Gasteiger partial charge in [-0.3, -0.25) is 23.7 Å². The molecule has 0 spiro atoms. The van der Waals surface area contributed by atoms with Crippen molar-refractivity contribution in [1.82, 2.24) is 30.8 Å². The Morgan fingerprint density at radius 1 is 1.48 bits per heavy atom. The van der Waals surface area contributed by atoms with Crippen molar-refractivity contribution >= 4 is 30.8 Å². The highest BCUT2D eigenvalue weighted by Crippen LogP contribution is 2.40. The summed E-state index contributed by atoms with van der Waals surface area (Å²) in [5.41, 5.74) is 4.88. The molecule has 1 unspecified atom stereocenters. The first kappa shape index (κ1) is 24.8. The number of fused-ring (bicyclic) bond motifs is 1. The molecule has 2 aromatic rings. The van der Waals surface area contributed by atoms with Gasteiger partial charge in [0.15, 0.2) is 17.4 Å². The molecule has 1 aliphatic heterocycles. The van der Waals surface area contributed by atoms with Crippen LogP contribution in [0.3, 0.4) is 0 Å². The van der Waals surface area contributed by atoms with Crippen molar-refractivity contribution in [3.63, 3.8) is 0 Å². The summed E-state index contributed by atoms with van der Waals surface area (Å²) in [4.78, 5) is 43.2. The third kappa shape index (κ3) is 5.08. The Morgan fingerprint density at radius 3 is 2.81 bits per heavy atom. The third-order valence-electron chi connectivity index (χ3n) is 4.39. The zero-order valence-electron chi connectivity index (χ0n) is 16.5. The van der Waals surface area contributed by atoms with E-state index in [-0.39, 0.29) is 23.3 Å². The summed E-state index contributed by atoms with van der Waals surface area (Å²) in [7, 11) is -3.35. The summed E-state index contributed by atoms with van der Waals surface area (Å²) in [6.07, 6.45) is -4.29. The number of carbonyl (C=O) groups excluding carboxylic acids is 1. The summed E-state index contributed by atoms with van der Waals surface area (Å²) < 4.78 is 28.1. The van der Waals surface area contributed by atoms with Crippen molar-refractivity contribution < 1.29 is 38.5 Å². The number of nitrogens with zero attached hydrogens (tertiary/aromatic N) is 3. The van der Waals surface area contributed by atoms with Gasteiger partial charge in [0.1, 0.15) is 24.4 Å². The molecule has 3 rings (SSSR count). The van der Waals surface area contributed by atoms with Gasteiger partial charge < -0.3 is 36.5 Å². The van der Waals surface area contributed by atoms with Crippen LogP contribution in [-0.4, -0.2) is 78.7 Å². The molecule has 3 heterocycles. The lowest BCUT2D eigenvalue weighted by Gasteiger charge is -2.20. The van der Waals surface area contributed by atoms with Gasteiger partial charge in [-0.05, 0) is 6.92 Å². The number of hydrogen-bond acceptors (Lipinski definition) is 12. The number of methoxy groups -OCH3 is 1. The molecule has 0 amide bonds. The molecule has 0 saturated carbocycles. The third-order valence-corrected chi connectivity index (χ3v) is 5.60. The molecule has 16 nitrogen and oxygen atoms in total. The highest BCUT2D eigenvalue weighted by atomic mass is 31.2. The molecular weight excluding hydrogens is 441 g/mol. The summed E-state index contributed by atoms with van der Waals surface area (Å²) in [6, 6.07) is -1.13. The number of aromatic amines is 1. The van der Waals surface area contributed by atoms with Gasteiger partial charge >= 0.3 is 13.7 Å². The molecule has 0 aromatic carbocycles. The van der Waals surface area contributed by atoms with E-state index in [1.54, 1.807) is 0 Å². The van der Waals surface area contributed by atoms with E-state index in [0.717, 1.165) is 7.11 Å². The lowest BCUT2D eigenvalue weighted by molar-refractivity contribution is -0.142. The number of hydrogen-bond donors (Lipinski definition) is 7. The normalized spacial score (nSPS) is 26.2.